The van der Waals surface area contributed by atoms with Crippen molar-refractivity contribution in [2.75, 3.05) is 26.2 Å². The summed E-state index contributed by atoms with van der Waals surface area (Å²) in [5.74, 6) is 0.558. The number of piperidine rings is 1. The number of carbonyl (C=O) groups is 1. The van der Waals surface area contributed by atoms with E-state index < -0.39 is 0 Å². The molecule has 0 saturated carbocycles. The minimum atomic E-state index is 0.217. The summed E-state index contributed by atoms with van der Waals surface area (Å²) in [5.41, 5.74) is 1.11. The highest BCUT2D eigenvalue weighted by atomic mass is 16.2. The largest absolute Gasteiger partial charge is 0.343 e. The molecule has 0 spiro atoms. The van der Waals surface area contributed by atoms with Crippen molar-refractivity contribution in [3.05, 3.63) is 30.1 Å². The molecule has 0 aromatic carbocycles. The average molecular weight is 275 g/mol. The van der Waals surface area contributed by atoms with Gasteiger partial charge in [-0.3, -0.25) is 14.7 Å². The van der Waals surface area contributed by atoms with Crippen LogP contribution in [0.2, 0.25) is 0 Å². The van der Waals surface area contributed by atoms with Gasteiger partial charge in [0.25, 0.3) is 0 Å². The Morgan fingerprint density at radius 3 is 2.55 bits per heavy atom. The topological polar surface area (TPSA) is 36.4 Å². The van der Waals surface area contributed by atoms with E-state index in [9.17, 15) is 4.79 Å². The van der Waals surface area contributed by atoms with Gasteiger partial charge >= 0.3 is 0 Å². The molecule has 0 radical (unpaired) electrons. The molecular formula is C16H25N3O. The van der Waals surface area contributed by atoms with E-state index in [2.05, 4.69) is 29.8 Å². The molecule has 110 valence electrons. The van der Waals surface area contributed by atoms with Gasteiger partial charge in [-0.1, -0.05) is 6.07 Å². The number of rotatable bonds is 5. The smallest absolute Gasteiger partial charge is 0.225 e. The molecule has 2 heterocycles. The Bertz CT molecular complexity index is 409. The van der Waals surface area contributed by atoms with Crippen LogP contribution in [0.5, 0.6) is 0 Å². The van der Waals surface area contributed by atoms with E-state index in [0.29, 0.717) is 5.91 Å². The van der Waals surface area contributed by atoms with Gasteiger partial charge in [0.15, 0.2) is 0 Å². The van der Waals surface area contributed by atoms with Gasteiger partial charge in [-0.05, 0) is 51.9 Å². The van der Waals surface area contributed by atoms with Crippen molar-refractivity contribution in [2.24, 2.45) is 5.92 Å². The molecular weight excluding hydrogens is 250 g/mol. The van der Waals surface area contributed by atoms with Crippen LogP contribution in [0.4, 0.5) is 0 Å². The number of nitrogens with zero attached hydrogens (tertiary/aromatic N) is 3. The molecule has 0 aliphatic carbocycles. The highest BCUT2D eigenvalue weighted by molar-refractivity contribution is 5.78. The lowest BCUT2D eigenvalue weighted by atomic mass is 9.95. The number of aromatic nitrogens is 1. The van der Waals surface area contributed by atoms with Gasteiger partial charge in [0, 0.05) is 31.7 Å². The average Bonchev–Trinajstić information content (AvgIpc) is 2.50. The maximum absolute atomic E-state index is 12.3. The molecule has 1 fully saturated rings. The first-order chi connectivity index (χ1) is 9.74. The molecule has 1 aliphatic heterocycles. The predicted octanol–water partition coefficient (Wildman–Crippen LogP) is 2.16. The SMILES string of the molecule is CCN(CC)C(=O)C1CCN(Cc2ccccn2)CC1. The van der Waals surface area contributed by atoms with Gasteiger partial charge in [0.1, 0.15) is 0 Å². The van der Waals surface area contributed by atoms with Crippen molar-refractivity contribution in [2.45, 2.75) is 33.2 Å². The zero-order chi connectivity index (χ0) is 14.4. The molecule has 0 atom stereocenters. The van der Waals surface area contributed by atoms with E-state index in [1.807, 2.05) is 23.2 Å². The summed E-state index contributed by atoms with van der Waals surface area (Å²) in [4.78, 5) is 21.0. The van der Waals surface area contributed by atoms with Crippen molar-refractivity contribution >= 4 is 5.91 Å². The van der Waals surface area contributed by atoms with Crippen molar-refractivity contribution in [1.82, 2.24) is 14.8 Å². The Morgan fingerprint density at radius 2 is 2.00 bits per heavy atom. The summed E-state index contributed by atoms with van der Waals surface area (Å²) in [6.45, 7) is 8.64. The number of pyridine rings is 1. The summed E-state index contributed by atoms with van der Waals surface area (Å²) in [6.07, 6.45) is 3.79. The van der Waals surface area contributed by atoms with E-state index in [4.69, 9.17) is 0 Å². The number of hydrogen-bond donors (Lipinski definition) is 0. The van der Waals surface area contributed by atoms with E-state index >= 15 is 0 Å². The van der Waals surface area contributed by atoms with Crippen LogP contribution in [0.25, 0.3) is 0 Å². The van der Waals surface area contributed by atoms with E-state index in [1.54, 1.807) is 0 Å². The third-order valence-electron chi connectivity index (χ3n) is 4.12. The Labute approximate surface area is 121 Å². The Hall–Kier alpha value is -1.42. The van der Waals surface area contributed by atoms with Crippen LogP contribution in [-0.2, 0) is 11.3 Å². The second-order valence-corrected chi connectivity index (χ2v) is 5.38. The summed E-state index contributed by atoms with van der Waals surface area (Å²) >= 11 is 0. The fourth-order valence-corrected chi connectivity index (χ4v) is 2.85. The highest BCUT2D eigenvalue weighted by Gasteiger charge is 2.27. The molecule has 1 saturated heterocycles. The molecule has 4 heteroatoms. The highest BCUT2D eigenvalue weighted by Crippen LogP contribution is 2.20. The zero-order valence-corrected chi connectivity index (χ0v) is 12.6. The molecule has 1 amide bonds. The third kappa shape index (κ3) is 3.79. The number of hydrogen-bond acceptors (Lipinski definition) is 3. The quantitative estimate of drug-likeness (QED) is 0.826. The van der Waals surface area contributed by atoms with Gasteiger partial charge < -0.3 is 4.90 Å². The molecule has 4 nitrogen and oxygen atoms in total. The second kappa shape index (κ2) is 7.39. The lowest BCUT2D eigenvalue weighted by Gasteiger charge is -2.33. The van der Waals surface area contributed by atoms with Gasteiger partial charge in [0.2, 0.25) is 5.91 Å². The van der Waals surface area contributed by atoms with Crippen molar-refractivity contribution in [3.63, 3.8) is 0 Å². The van der Waals surface area contributed by atoms with Gasteiger partial charge in [-0.2, -0.15) is 0 Å². The van der Waals surface area contributed by atoms with Crippen LogP contribution in [0.1, 0.15) is 32.4 Å². The molecule has 1 aromatic heterocycles. The van der Waals surface area contributed by atoms with Crippen LogP contribution in [0.3, 0.4) is 0 Å². The van der Waals surface area contributed by atoms with Crippen molar-refractivity contribution in [3.8, 4) is 0 Å². The van der Waals surface area contributed by atoms with Crippen molar-refractivity contribution in [1.29, 1.82) is 0 Å². The molecule has 0 N–H and O–H groups in total. The van der Waals surface area contributed by atoms with Crippen LogP contribution < -0.4 is 0 Å². The normalized spacial score (nSPS) is 17.1. The minimum Gasteiger partial charge on any atom is -0.343 e. The molecule has 0 unspecified atom stereocenters. The van der Waals surface area contributed by atoms with E-state index in [1.165, 1.54) is 0 Å². The van der Waals surface area contributed by atoms with Crippen LogP contribution in [0.15, 0.2) is 24.4 Å². The molecule has 1 aromatic rings. The lowest BCUT2D eigenvalue weighted by molar-refractivity contribution is -0.136. The first-order valence-electron chi connectivity index (χ1n) is 7.65. The monoisotopic (exact) mass is 275 g/mol. The number of amides is 1. The fraction of sp³-hybridized carbons (Fsp3) is 0.625. The second-order valence-electron chi connectivity index (χ2n) is 5.38. The van der Waals surface area contributed by atoms with Crippen molar-refractivity contribution < 1.29 is 4.79 Å². The Kier molecular flexibility index (Phi) is 5.53. The number of likely N-dealkylation sites (tertiary alicyclic amines) is 1. The van der Waals surface area contributed by atoms with Gasteiger partial charge in [-0.15, -0.1) is 0 Å². The summed E-state index contributed by atoms with van der Waals surface area (Å²) in [7, 11) is 0. The lowest BCUT2D eigenvalue weighted by Crippen LogP contribution is -2.42. The van der Waals surface area contributed by atoms with Gasteiger partial charge in [-0.25, -0.2) is 0 Å². The maximum atomic E-state index is 12.3. The minimum absolute atomic E-state index is 0.217. The van der Waals surface area contributed by atoms with Crippen LogP contribution in [-0.4, -0.2) is 46.9 Å². The summed E-state index contributed by atoms with van der Waals surface area (Å²) in [6, 6.07) is 6.03. The molecule has 0 bridgehead atoms. The Morgan fingerprint density at radius 1 is 1.30 bits per heavy atom. The van der Waals surface area contributed by atoms with Gasteiger partial charge in [0.05, 0.1) is 5.69 Å². The number of carbonyl (C=O) groups excluding carboxylic acids is 1. The molecule has 2 rings (SSSR count). The first kappa shape index (κ1) is 15.0. The molecule has 1 aliphatic rings. The standard InChI is InChI=1S/C16H25N3O/c1-3-19(4-2)16(20)14-8-11-18(12-9-14)13-15-7-5-6-10-17-15/h5-7,10,14H,3-4,8-9,11-13H2,1-2H3. The predicted molar refractivity (Wildman–Crippen MR) is 80.2 cm³/mol. The Balaban J connectivity index is 1.82. The molecule has 20 heavy (non-hydrogen) atoms. The third-order valence-corrected chi connectivity index (χ3v) is 4.12. The van der Waals surface area contributed by atoms with Crippen LogP contribution in [0, 0.1) is 5.92 Å². The fourth-order valence-electron chi connectivity index (χ4n) is 2.85. The van der Waals surface area contributed by atoms with Crippen LogP contribution >= 0.6 is 0 Å². The summed E-state index contributed by atoms with van der Waals surface area (Å²) < 4.78 is 0. The maximum Gasteiger partial charge on any atom is 0.225 e. The summed E-state index contributed by atoms with van der Waals surface area (Å²) in [5, 5.41) is 0. The van der Waals surface area contributed by atoms with E-state index in [0.717, 1.165) is 51.3 Å². The van der Waals surface area contributed by atoms with E-state index in [-0.39, 0.29) is 5.92 Å². The first-order valence-corrected chi connectivity index (χ1v) is 7.65. The zero-order valence-electron chi connectivity index (χ0n) is 12.6.